The van der Waals surface area contributed by atoms with Gasteiger partial charge >= 0.3 is 0 Å². The molecule has 0 bridgehead atoms. The SMILES string of the molecule is COc1cc(C(=O)NC2CCN(Cc3ccc(F)cc3)CC2)ccc1OCC(=O)NC(C)C. The molecule has 0 aromatic heterocycles. The third kappa shape index (κ3) is 7.46. The highest BCUT2D eigenvalue weighted by Gasteiger charge is 2.22. The van der Waals surface area contributed by atoms with E-state index in [9.17, 15) is 14.0 Å². The lowest BCUT2D eigenvalue weighted by Gasteiger charge is -2.32. The Hall–Kier alpha value is -3.13. The topological polar surface area (TPSA) is 79.9 Å². The Balaban J connectivity index is 1.49. The zero-order chi connectivity index (χ0) is 23.8. The van der Waals surface area contributed by atoms with E-state index in [0.29, 0.717) is 17.1 Å². The molecule has 0 radical (unpaired) electrons. The third-order valence-electron chi connectivity index (χ3n) is 5.48. The maximum absolute atomic E-state index is 13.1. The molecule has 0 aliphatic carbocycles. The van der Waals surface area contributed by atoms with Gasteiger partial charge in [0.2, 0.25) is 0 Å². The minimum atomic E-state index is -0.229. The van der Waals surface area contributed by atoms with Crippen LogP contribution in [-0.2, 0) is 11.3 Å². The molecular formula is C25H32FN3O4. The number of halogens is 1. The van der Waals surface area contributed by atoms with Crippen LogP contribution in [0.4, 0.5) is 4.39 Å². The second kappa shape index (κ2) is 11.7. The first-order valence-electron chi connectivity index (χ1n) is 11.2. The Kier molecular flexibility index (Phi) is 8.65. The van der Waals surface area contributed by atoms with Crippen LogP contribution >= 0.6 is 0 Å². The van der Waals surface area contributed by atoms with Gasteiger partial charge in [0, 0.05) is 37.3 Å². The molecule has 1 saturated heterocycles. The maximum atomic E-state index is 13.1. The summed E-state index contributed by atoms with van der Waals surface area (Å²) in [7, 11) is 1.49. The number of rotatable bonds is 9. The normalized spacial score (nSPS) is 14.7. The smallest absolute Gasteiger partial charge is 0.258 e. The van der Waals surface area contributed by atoms with Crippen molar-refractivity contribution in [1.29, 1.82) is 0 Å². The maximum Gasteiger partial charge on any atom is 0.258 e. The van der Waals surface area contributed by atoms with Crippen LogP contribution in [0.25, 0.3) is 0 Å². The Labute approximate surface area is 194 Å². The van der Waals surface area contributed by atoms with E-state index in [0.717, 1.165) is 38.0 Å². The van der Waals surface area contributed by atoms with E-state index < -0.39 is 0 Å². The Morgan fingerprint density at radius 1 is 1.09 bits per heavy atom. The number of nitrogens with one attached hydrogen (secondary N) is 2. The first-order chi connectivity index (χ1) is 15.8. The first kappa shape index (κ1) is 24.5. The average Bonchev–Trinajstić information content (AvgIpc) is 2.80. The number of nitrogens with zero attached hydrogens (tertiary/aromatic N) is 1. The van der Waals surface area contributed by atoms with Crippen molar-refractivity contribution in [3.05, 3.63) is 59.4 Å². The summed E-state index contributed by atoms with van der Waals surface area (Å²) in [5, 5.41) is 5.85. The van der Waals surface area contributed by atoms with Gasteiger partial charge in [-0.2, -0.15) is 0 Å². The molecule has 0 saturated carbocycles. The zero-order valence-corrected chi connectivity index (χ0v) is 19.4. The van der Waals surface area contributed by atoms with Gasteiger partial charge in [-0.1, -0.05) is 12.1 Å². The Bertz CT molecular complexity index is 941. The number of hydrogen-bond donors (Lipinski definition) is 2. The molecule has 1 aliphatic heterocycles. The van der Waals surface area contributed by atoms with E-state index in [1.165, 1.54) is 19.2 Å². The van der Waals surface area contributed by atoms with Crippen LogP contribution in [0.5, 0.6) is 11.5 Å². The number of carbonyl (C=O) groups excluding carboxylic acids is 2. The molecule has 1 heterocycles. The van der Waals surface area contributed by atoms with Crippen LogP contribution in [0, 0.1) is 5.82 Å². The summed E-state index contributed by atoms with van der Waals surface area (Å²) in [4.78, 5) is 26.9. The number of benzene rings is 2. The molecule has 1 aliphatic rings. The van der Waals surface area contributed by atoms with Gasteiger partial charge in [-0.05, 0) is 62.6 Å². The lowest BCUT2D eigenvalue weighted by Crippen LogP contribution is -2.44. The second-order valence-corrected chi connectivity index (χ2v) is 8.53. The largest absolute Gasteiger partial charge is 0.493 e. The number of methoxy groups -OCH3 is 1. The molecule has 1 fully saturated rings. The van der Waals surface area contributed by atoms with Gasteiger partial charge in [-0.25, -0.2) is 4.39 Å². The zero-order valence-electron chi connectivity index (χ0n) is 19.4. The number of piperidine rings is 1. The molecule has 0 spiro atoms. The lowest BCUT2D eigenvalue weighted by atomic mass is 10.0. The molecule has 8 heteroatoms. The summed E-state index contributed by atoms with van der Waals surface area (Å²) in [6.07, 6.45) is 1.69. The van der Waals surface area contributed by atoms with Crippen molar-refractivity contribution in [3.63, 3.8) is 0 Å². The fourth-order valence-electron chi connectivity index (χ4n) is 3.79. The van der Waals surface area contributed by atoms with Crippen molar-refractivity contribution >= 4 is 11.8 Å². The first-order valence-corrected chi connectivity index (χ1v) is 11.2. The van der Waals surface area contributed by atoms with Crippen molar-refractivity contribution in [2.75, 3.05) is 26.8 Å². The molecule has 2 N–H and O–H groups in total. The van der Waals surface area contributed by atoms with Gasteiger partial charge in [-0.3, -0.25) is 14.5 Å². The summed E-state index contributed by atoms with van der Waals surface area (Å²) in [5.41, 5.74) is 1.55. The number of ether oxygens (including phenoxy) is 2. The van der Waals surface area contributed by atoms with E-state index in [4.69, 9.17) is 9.47 Å². The molecule has 2 aromatic carbocycles. The summed E-state index contributed by atoms with van der Waals surface area (Å²) in [6.45, 7) is 6.11. The van der Waals surface area contributed by atoms with Crippen LogP contribution in [0.3, 0.4) is 0 Å². The van der Waals surface area contributed by atoms with E-state index in [2.05, 4.69) is 15.5 Å². The third-order valence-corrected chi connectivity index (χ3v) is 5.48. The minimum Gasteiger partial charge on any atom is -0.493 e. The van der Waals surface area contributed by atoms with Crippen molar-refractivity contribution in [2.45, 2.75) is 45.3 Å². The van der Waals surface area contributed by atoms with Crippen molar-refractivity contribution in [3.8, 4) is 11.5 Å². The van der Waals surface area contributed by atoms with E-state index >= 15 is 0 Å². The fourth-order valence-corrected chi connectivity index (χ4v) is 3.79. The predicted molar refractivity (Wildman–Crippen MR) is 124 cm³/mol. The van der Waals surface area contributed by atoms with Crippen molar-refractivity contribution in [2.24, 2.45) is 0 Å². The van der Waals surface area contributed by atoms with E-state index in [-0.39, 0.29) is 36.3 Å². The Morgan fingerprint density at radius 3 is 2.42 bits per heavy atom. The standard InChI is InChI=1S/C25H32FN3O4/c1-17(2)27-24(30)16-33-22-9-6-19(14-23(22)32-3)25(31)28-21-10-12-29(13-11-21)15-18-4-7-20(26)8-5-18/h4-9,14,17,21H,10-13,15-16H2,1-3H3,(H,27,30)(H,28,31). The van der Waals surface area contributed by atoms with Crippen LogP contribution < -0.4 is 20.1 Å². The van der Waals surface area contributed by atoms with Gasteiger partial charge in [0.15, 0.2) is 18.1 Å². The Morgan fingerprint density at radius 2 is 1.79 bits per heavy atom. The molecule has 2 aromatic rings. The van der Waals surface area contributed by atoms with Gasteiger partial charge in [-0.15, -0.1) is 0 Å². The van der Waals surface area contributed by atoms with Gasteiger partial charge in [0.1, 0.15) is 5.82 Å². The minimum absolute atomic E-state index is 0.0313. The highest BCUT2D eigenvalue weighted by atomic mass is 19.1. The molecule has 0 atom stereocenters. The second-order valence-electron chi connectivity index (χ2n) is 8.53. The number of carbonyl (C=O) groups is 2. The molecule has 178 valence electrons. The molecule has 0 unspecified atom stereocenters. The summed E-state index contributed by atoms with van der Waals surface area (Å²) in [5.74, 6) is 0.179. The summed E-state index contributed by atoms with van der Waals surface area (Å²) < 4.78 is 24.0. The van der Waals surface area contributed by atoms with Crippen molar-refractivity contribution < 1.29 is 23.5 Å². The van der Waals surface area contributed by atoms with E-state index in [1.807, 2.05) is 13.8 Å². The van der Waals surface area contributed by atoms with E-state index in [1.54, 1.807) is 30.3 Å². The van der Waals surface area contributed by atoms with Gasteiger partial charge in [0.25, 0.3) is 11.8 Å². The lowest BCUT2D eigenvalue weighted by molar-refractivity contribution is -0.123. The molecule has 2 amide bonds. The monoisotopic (exact) mass is 457 g/mol. The predicted octanol–water partition coefficient (Wildman–Crippen LogP) is 3.13. The van der Waals surface area contributed by atoms with Gasteiger partial charge < -0.3 is 20.1 Å². The summed E-state index contributed by atoms with van der Waals surface area (Å²) >= 11 is 0. The molecular weight excluding hydrogens is 425 g/mol. The van der Waals surface area contributed by atoms with Crippen LogP contribution in [0.15, 0.2) is 42.5 Å². The van der Waals surface area contributed by atoms with Crippen molar-refractivity contribution in [1.82, 2.24) is 15.5 Å². The fraction of sp³-hybridized carbons (Fsp3) is 0.440. The number of hydrogen-bond acceptors (Lipinski definition) is 5. The average molecular weight is 458 g/mol. The van der Waals surface area contributed by atoms with Gasteiger partial charge in [0.05, 0.1) is 7.11 Å². The quantitative estimate of drug-likeness (QED) is 0.605. The molecule has 3 rings (SSSR count). The molecule has 33 heavy (non-hydrogen) atoms. The van der Waals surface area contributed by atoms with Crippen LogP contribution in [-0.4, -0.2) is 55.6 Å². The number of likely N-dealkylation sites (tertiary alicyclic amines) is 1. The highest BCUT2D eigenvalue weighted by Crippen LogP contribution is 2.28. The van der Waals surface area contributed by atoms with Crippen LogP contribution in [0.2, 0.25) is 0 Å². The number of amides is 2. The summed E-state index contributed by atoms with van der Waals surface area (Å²) in [6, 6.07) is 11.6. The highest BCUT2D eigenvalue weighted by molar-refractivity contribution is 5.95. The van der Waals surface area contributed by atoms with Crippen LogP contribution in [0.1, 0.15) is 42.6 Å². The molecule has 7 nitrogen and oxygen atoms in total.